The lowest BCUT2D eigenvalue weighted by atomic mass is 10.0. The number of hydrogen-bond acceptors (Lipinski definition) is 3. The Morgan fingerprint density at radius 2 is 1.87 bits per heavy atom. The normalized spacial score (nSPS) is 15.3. The van der Waals surface area contributed by atoms with Gasteiger partial charge in [0.2, 0.25) is 0 Å². The molecule has 4 aromatic rings. The van der Waals surface area contributed by atoms with Crippen LogP contribution in [-0.2, 0) is 13.0 Å². The van der Waals surface area contributed by atoms with Crippen LogP contribution in [0.25, 0.3) is 16.9 Å². The van der Waals surface area contributed by atoms with E-state index in [1.807, 2.05) is 0 Å². The fraction of sp³-hybridized carbons (Fsp3) is 0.217. The highest BCUT2D eigenvalue weighted by Gasteiger charge is 2.26. The van der Waals surface area contributed by atoms with E-state index in [1.165, 1.54) is 22.6 Å². The van der Waals surface area contributed by atoms with E-state index < -0.39 is 0 Å². The van der Waals surface area contributed by atoms with E-state index in [0.29, 0.717) is 29.9 Å². The van der Waals surface area contributed by atoms with Gasteiger partial charge in [-0.15, -0.1) is 0 Å². The second-order valence-electron chi connectivity index (χ2n) is 7.63. The average molecular weight is 406 g/mol. The van der Waals surface area contributed by atoms with Crippen molar-refractivity contribution in [1.82, 2.24) is 19.3 Å². The molecule has 2 aromatic heterocycles. The second kappa shape index (κ2) is 7.18. The van der Waals surface area contributed by atoms with Gasteiger partial charge < -0.3 is 4.98 Å². The fourth-order valence-electron chi connectivity index (χ4n) is 4.15. The van der Waals surface area contributed by atoms with Crippen LogP contribution in [0.15, 0.2) is 59.5 Å². The molecule has 1 aliphatic rings. The van der Waals surface area contributed by atoms with Gasteiger partial charge in [-0.3, -0.25) is 9.30 Å². The third-order valence-electron chi connectivity index (χ3n) is 5.88. The molecule has 1 atom stereocenters. The zero-order valence-electron chi connectivity index (χ0n) is 16.4. The highest BCUT2D eigenvalue weighted by molar-refractivity contribution is 5.65. The minimum Gasteiger partial charge on any atom is -0.310 e. The first-order valence-corrected chi connectivity index (χ1v) is 9.89. The molecule has 0 saturated carbocycles. The van der Waals surface area contributed by atoms with Crippen LogP contribution < -0.4 is 5.69 Å². The number of rotatable bonds is 3. The Hall–Kier alpha value is -3.32. The van der Waals surface area contributed by atoms with Crippen LogP contribution >= 0.6 is 0 Å². The average Bonchev–Trinajstić information content (AvgIpc) is 3.20. The van der Waals surface area contributed by atoms with E-state index in [-0.39, 0.29) is 23.4 Å². The maximum atomic E-state index is 14.3. The van der Waals surface area contributed by atoms with Crippen molar-refractivity contribution in [3.05, 3.63) is 93.7 Å². The minimum atomic E-state index is -0.377. The number of nitrogens with zero attached hydrogens (tertiary/aromatic N) is 3. The van der Waals surface area contributed by atoms with Crippen molar-refractivity contribution in [3.63, 3.8) is 0 Å². The quantitative estimate of drug-likeness (QED) is 0.558. The number of imidazole rings is 1. The SMILES string of the molecule is CC(c1ccc(F)cc1)N1CCc2[nH]c(=O)n3cc(-c4ccccc4F)nc3c2C1. The summed E-state index contributed by atoms with van der Waals surface area (Å²) < 4.78 is 29.0. The van der Waals surface area contributed by atoms with Crippen molar-refractivity contribution in [3.8, 4) is 11.3 Å². The summed E-state index contributed by atoms with van der Waals surface area (Å²) in [6.07, 6.45) is 2.25. The summed E-state index contributed by atoms with van der Waals surface area (Å²) in [4.78, 5) is 22.4. The Morgan fingerprint density at radius 1 is 1.10 bits per heavy atom. The molecule has 0 spiro atoms. The molecule has 0 radical (unpaired) electrons. The molecule has 0 aliphatic carbocycles. The van der Waals surface area contributed by atoms with Gasteiger partial charge in [-0.1, -0.05) is 24.3 Å². The van der Waals surface area contributed by atoms with Gasteiger partial charge in [0, 0.05) is 48.6 Å². The highest BCUT2D eigenvalue weighted by Crippen LogP contribution is 2.30. The lowest BCUT2D eigenvalue weighted by Gasteiger charge is -2.33. The summed E-state index contributed by atoms with van der Waals surface area (Å²) in [7, 11) is 0. The first-order chi connectivity index (χ1) is 14.5. The van der Waals surface area contributed by atoms with Gasteiger partial charge in [-0.05, 0) is 36.8 Å². The molecule has 1 N–H and O–H groups in total. The summed E-state index contributed by atoms with van der Waals surface area (Å²) >= 11 is 0. The van der Waals surface area contributed by atoms with Crippen molar-refractivity contribution in [2.75, 3.05) is 6.54 Å². The summed E-state index contributed by atoms with van der Waals surface area (Å²) in [5.74, 6) is -0.634. The number of nitrogens with one attached hydrogen (secondary N) is 1. The van der Waals surface area contributed by atoms with Crippen LogP contribution in [0.4, 0.5) is 8.78 Å². The van der Waals surface area contributed by atoms with E-state index >= 15 is 0 Å². The number of benzene rings is 2. The van der Waals surface area contributed by atoms with Gasteiger partial charge in [-0.25, -0.2) is 18.6 Å². The van der Waals surface area contributed by atoms with E-state index in [9.17, 15) is 13.6 Å². The molecule has 0 saturated heterocycles. The Bertz CT molecular complexity index is 1290. The summed E-state index contributed by atoms with van der Waals surface area (Å²) in [6.45, 7) is 3.43. The highest BCUT2D eigenvalue weighted by atomic mass is 19.1. The monoisotopic (exact) mass is 406 g/mol. The zero-order chi connectivity index (χ0) is 20.8. The van der Waals surface area contributed by atoms with Crippen LogP contribution in [0.5, 0.6) is 0 Å². The van der Waals surface area contributed by atoms with Gasteiger partial charge in [0.05, 0.1) is 5.69 Å². The lowest BCUT2D eigenvalue weighted by molar-refractivity contribution is 0.191. The number of aromatic nitrogens is 3. The van der Waals surface area contributed by atoms with Gasteiger partial charge in [0.1, 0.15) is 17.3 Å². The Balaban J connectivity index is 1.56. The largest absolute Gasteiger partial charge is 0.331 e. The first kappa shape index (κ1) is 18.7. The van der Waals surface area contributed by atoms with E-state index in [4.69, 9.17) is 0 Å². The molecule has 1 unspecified atom stereocenters. The van der Waals surface area contributed by atoms with Crippen molar-refractivity contribution >= 4 is 5.65 Å². The molecule has 5 nitrogen and oxygen atoms in total. The van der Waals surface area contributed by atoms with Crippen LogP contribution in [-0.4, -0.2) is 25.8 Å². The predicted molar refractivity (Wildman–Crippen MR) is 110 cm³/mol. The smallest absolute Gasteiger partial charge is 0.310 e. The molecule has 1 aliphatic heterocycles. The first-order valence-electron chi connectivity index (χ1n) is 9.89. The summed E-state index contributed by atoms with van der Waals surface area (Å²) in [6, 6.07) is 13.0. The maximum Gasteiger partial charge on any atom is 0.331 e. The lowest BCUT2D eigenvalue weighted by Crippen LogP contribution is -2.35. The number of hydrogen-bond donors (Lipinski definition) is 1. The molecule has 2 aromatic carbocycles. The number of halogens is 2. The van der Waals surface area contributed by atoms with Crippen molar-refractivity contribution in [2.45, 2.75) is 25.9 Å². The van der Waals surface area contributed by atoms with Crippen molar-refractivity contribution in [2.24, 2.45) is 0 Å². The molecule has 0 fully saturated rings. The molecule has 7 heteroatoms. The van der Waals surface area contributed by atoms with Crippen LogP contribution in [0, 0.1) is 11.6 Å². The standard InChI is InChI=1S/C23H20F2N4O/c1-14(15-6-8-16(24)9-7-15)28-11-10-20-18(12-28)22-26-21(13-29(22)23(30)27-20)17-4-2-3-5-19(17)25/h2-9,13-14H,10-12H2,1H3,(H,27,30). The topological polar surface area (TPSA) is 53.4 Å². The third-order valence-corrected chi connectivity index (χ3v) is 5.88. The van der Waals surface area contributed by atoms with E-state index in [0.717, 1.165) is 23.4 Å². The minimum absolute atomic E-state index is 0.0757. The Morgan fingerprint density at radius 3 is 2.63 bits per heavy atom. The predicted octanol–water partition coefficient (Wildman–Crippen LogP) is 4.09. The van der Waals surface area contributed by atoms with Gasteiger partial charge in [0.15, 0.2) is 0 Å². The fourth-order valence-corrected chi connectivity index (χ4v) is 4.15. The summed E-state index contributed by atoms with van der Waals surface area (Å²) in [5.41, 5.74) is 3.87. The molecule has 0 amide bonds. The summed E-state index contributed by atoms with van der Waals surface area (Å²) in [5, 5.41) is 0. The van der Waals surface area contributed by atoms with Gasteiger partial charge in [0.25, 0.3) is 0 Å². The van der Waals surface area contributed by atoms with Crippen molar-refractivity contribution < 1.29 is 8.78 Å². The zero-order valence-corrected chi connectivity index (χ0v) is 16.4. The number of H-pyrrole nitrogens is 1. The molecular weight excluding hydrogens is 386 g/mol. The van der Waals surface area contributed by atoms with Crippen LogP contribution in [0.1, 0.15) is 29.8 Å². The van der Waals surface area contributed by atoms with Crippen LogP contribution in [0.2, 0.25) is 0 Å². The maximum absolute atomic E-state index is 14.3. The molecule has 152 valence electrons. The van der Waals surface area contributed by atoms with Gasteiger partial charge in [-0.2, -0.15) is 0 Å². The van der Waals surface area contributed by atoms with E-state index in [1.54, 1.807) is 36.5 Å². The molecular formula is C23H20F2N4O. The Kier molecular flexibility index (Phi) is 4.47. The van der Waals surface area contributed by atoms with Gasteiger partial charge >= 0.3 is 5.69 Å². The molecule has 5 rings (SSSR count). The second-order valence-corrected chi connectivity index (χ2v) is 7.63. The Labute approximate surface area is 171 Å². The van der Waals surface area contributed by atoms with Crippen LogP contribution in [0.3, 0.4) is 0 Å². The van der Waals surface area contributed by atoms with Crippen molar-refractivity contribution in [1.29, 1.82) is 0 Å². The number of fused-ring (bicyclic) bond motifs is 3. The molecule has 0 bridgehead atoms. The molecule has 30 heavy (non-hydrogen) atoms. The molecule has 3 heterocycles. The number of aromatic amines is 1. The third kappa shape index (κ3) is 3.11. The van der Waals surface area contributed by atoms with E-state index in [2.05, 4.69) is 21.8 Å².